The maximum absolute atomic E-state index is 13.4. The third kappa shape index (κ3) is 2.62. The molecule has 1 aliphatic carbocycles. The van der Waals surface area contributed by atoms with Gasteiger partial charge in [0.15, 0.2) is 17.4 Å². The fourth-order valence-electron chi connectivity index (χ4n) is 2.38. The van der Waals surface area contributed by atoms with Crippen LogP contribution in [0.25, 0.3) is 0 Å². The Hall–Kier alpha value is -1.85. The third-order valence-electron chi connectivity index (χ3n) is 3.43. The van der Waals surface area contributed by atoms with Crippen LogP contribution in [-0.4, -0.2) is 16.9 Å². The van der Waals surface area contributed by atoms with E-state index in [-0.39, 0.29) is 6.42 Å². The van der Waals surface area contributed by atoms with Crippen LogP contribution in [0.2, 0.25) is 0 Å². The van der Waals surface area contributed by atoms with E-state index in [4.69, 9.17) is 5.11 Å². The van der Waals surface area contributed by atoms with Gasteiger partial charge in [0.1, 0.15) is 5.82 Å². The predicted octanol–water partition coefficient (Wildman–Crippen LogP) is 2.79. The Labute approximate surface area is 107 Å². The summed E-state index contributed by atoms with van der Waals surface area (Å²) in [4.78, 5) is 22.8. The molecule has 0 aromatic heterocycles. The quantitative estimate of drug-likeness (QED) is 0.680. The molecule has 0 radical (unpaired) electrons. The smallest absolute Gasteiger partial charge is 0.306 e. The second kappa shape index (κ2) is 5.03. The molecule has 1 aliphatic rings. The van der Waals surface area contributed by atoms with Crippen molar-refractivity contribution < 1.29 is 27.9 Å². The molecule has 1 saturated carbocycles. The number of carboxylic acids is 1. The molecule has 6 heteroatoms. The summed E-state index contributed by atoms with van der Waals surface area (Å²) in [6.07, 6.45) is 0.748. The number of hydrogen-bond donors (Lipinski definition) is 1. The molecule has 0 bridgehead atoms. The van der Waals surface area contributed by atoms with Gasteiger partial charge in [0, 0.05) is 12.0 Å². The van der Waals surface area contributed by atoms with Crippen molar-refractivity contribution >= 4 is 11.8 Å². The van der Waals surface area contributed by atoms with Crippen LogP contribution in [0.1, 0.15) is 29.6 Å². The Bertz CT molecular complexity index is 542. The minimum Gasteiger partial charge on any atom is -0.481 e. The van der Waals surface area contributed by atoms with Crippen molar-refractivity contribution in [3.63, 3.8) is 0 Å². The number of aliphatic carboxylic acids is 1. The minimum atomic E-state index is -1.36. The van der Waals surface area contributed by atoms with Crippen LogP contribution in [-0.2, 0) is 4.79 Å². The van der Waals surface area contributed by atoms with Gasteiger partial charge >= 0.3 is 5.97 Å². The summed E-state index contributed by atoms with van der Waals surface area (Å²) in [7, 11) is 0. The number of hydrogen-bond acceptors (Lipinski definition) is 2. The van der Waals surface area contributed by atoms with Crippen LogP contribution in [0.4, 0.5) is 13.2 Å². The van der Waals surface area contributed by atoms with E-state index in [1.165, 1.54) is 0 Å². The topological polar surface area (TPSA) is 54.4 Å². The molecule has 1 N–H and O–H groups in total. The molecule has 19 heavy (non-hydrogen) atoms. The summed E-state index contributed by atoms with van der Waals surface area (Å²) in [5.41, 5.74) is -0.519. The summed E-state index contributed by atoms with van der Waals surface area (Å²) in [5, 5.41) is 8.82. The zero-order valence-corrected chi connectivity index (χ0v) is 9.83. The van der Waals surface area contributed by atoms with Crippen molar-refractivity contribution in [1.82, 2.24) is 0 Å². The first-order valence-corrected chi connectivity index (χ1v) is 5.81. The molecule has 0 saturated heterocycles. The fourth-order valence-corrected chi connectivity index (χ4v) is 2.38. The number of halogens is 3. The fraction of sp³-hybridized carbons (Fsp3) is 0.385. The zero-order chi connectivity index (χ0) is 14.2. The summed E-state index contributed by atoms with van der Waals surface area (Å²) in [6, 6.07) is 0.854. The lowest BCUT2D eigenvalue weighted by Gasteiger charge is -2.09. The minimum absolute atomic E-state index is 0.104. The Balaban J connectivity index is 2.22. The largest absolute Gasteiger partial charge is 0.481 e. The first-order valence-electron chi connectivity index (χ1n) is 5.81. The van der Waals surface area contributed by atoms with E-state index in [0.717, 1.165) is 0 Å². The van der Waals surface area contributed by atoms with Crippen molar-refractivity contribution in [3.05, 3.63) is 35.1 Å². The van der Waals surface area contributed by atoms with Crippen molar-refractivity contribution in [2.24, 2.45) is 11.8 Å². The number of ketones is 1. The monoisotopic (exact) mass is 272 g/mol. The Morgan fingerprint density at radius 1 is 1.00 bits per heavy atom. The molecule has 0 amide bonds. The van der Waals surface area contributed by atoms with Gasteiger partial charge in [-0.2, -0.15) is 0 Å². The average Bonchev–Trinajstić information content (AvgIpc) is 2.82. The number of Topliss-reactive ketones (excluding diaryl/α,β-unsaturated/α-hetero) is 1. The SMILES string of the molecule is O=C(O)C1CCC(C(=O)c2cc(F)c(F)cc2F)C1. The molecule has 2 rings (SSSR count). The van der Waals surface area contributed by atoms with Crippen LogP contribution in [0.15, 0.2) is 12.1 Å². The first-order chi connectivity index (χ1) is 8.90. The van der Waals surface area contributed by atoms with Gasteiger partial charge < -0.3 is 5.11 Å². The van der Waals surface area contributed by atoms with Crippen LogP contribution in [0, 0.1) is 29.3 Å². The van der Waals surface area contributed by atoms with E-state index in [1.54, 1.807) is 0 Å². The average molecular weight is 272 g/mol. The summed E-state index contributed by atoms with van der Waals surface area (Å²) < 4.78 is 39.2. The normalized spacial score (nSPS) is 22.5. The molecule has 2 atom stereocenters. The van der Waals surface area contributed by atoms with Gasteiger partial charge in [0.05, 0.1) is 11.5 Å². The molecular weight excluding hydrogens is 261 g/mol. The predicted molar refractivity (Wildman–Crippen MR) is 59.1 cm³/mol. The van der Waals surface area contributed by atoms with Crippen LogP contribution >= 0.6 is 0 Å². The highest BCUT2D eigenvalue weighted by molar-refractivity contribution is 5.98. The highest BCUT2D eigenvalue weighted by Gasteiger charge is 2.35. The van der Waals surface area contributed by atoms with Crippen molar-refractivity contribution in [1.29, 1.82) is 0 Å². The van der Waals surface area contributed by atoms with E-state index in [2.05, 4.69) is 0 Å². The molecule has 3 nitrogen and oxygen atoms in total. The highest BCUT2D eigenvalue weighted by Crippen LogP contribution is 2.34. The van der Waals surface area contributed by atoms with Crippen molar-refractivity contribution in [2.75, 3.05) is 0 Å². The second-order valence-electron chi connectivity index (χ2n) is 4.66. The van der Waals surface area contributed by atoms with Crippen LogP contribution in [0.3, 0.4) is 0 Å². The Kier molecular flexibility index (Phi) is 3.59. The van der Waals surface area contributed by atoms with Crippen LogP contribution < -0.4 is 0 Å². The lowest BCUT2D eigenvalue weighted by Crippen LogP contribution is -2.16. The number of carbonyl (C=O) groups excluding carboxylic acids is 1. The van der Waals surface area contributed by atoms with Crippen molar-refractivity contribution in [2.45, 2.75) is 19.3 Å². The number of rotatable bonds is 3. The molecule has 1 aromatic rings. The van der Waals surface area contributed by atoms with Gasteiger partial charge in [-0.3, -0.25) is 9.59 Å². The van der Waals surface area contributed by atoms with Gasteiger partial charge in [-0.05, 0) is 25.3 Å². The van der Waals surface area contributed by atoms with Gasteiger partial charge in [0.25, 0.3) is 0 Å². The second-order valence-corrected chi connectivity index (χ2v) is 4.66. The van der Waals surface area contributed by atoms with E-state index < -0.39 is 46.6 Å². The van der Waals surface area contributed by atoms with E-state index >= 15 is 0 Å². The first kappa shape index (κ1) is 13.6. The summed E-state index contributed by atoms with van der Waals surface area (Å²) in [6.45, 7) is 0. The van der Waals surface area contributed by atoms with E-state index in [0.29, 0.717) is 25.0 Å². The number of benzene rings is 1. The molecule has 1 fully saturated rings. The van der Waals surface area contributed by atoms with Crippen LogP contribution in [0.5, 0.6) is 0 Å². The van der Waals surface area contributed by atoms with E-state index in [1.807, 2.05) is 0 Å². The third-order valence-corrected chi connectivity index (χ3v) is 3.43. The van der Waals surface area contributed by atoms with Gasteiger partial charge in [0.2, 0.25) is 0 Å². The Morgan fingerprint density at radius 3 is 2.16 bits per heavy atom. The molecule has 102 valence electrons. The van der Waals surface area contributed by atoms with Gasteiger partial charge in [-0.15, -0.1) is 0 Å². The highest BCUT2D eigenvalue weighted by atomic mass is 19.2. The zero-order valence-electron chi connectivity index (χ0n) is 9.83. The molecule has 0 spiro atoms. The molecular formula is C13H11F3O3. The standard InChI is InChI=1S/C13H11F3O3/c14-9-5-11(16)10(15)4-8(9)12(17)6-1-2-7(3-6)13(18)19/h4-7H,1-3H2,(H,18,19). The lowest BCUT2D eigenvalue weighted by molar-refractivity contribution is -0.141. The maximum atomic E-state index is 13.4. The summed E-state index contributed by atoms with van der Waals surface area (Å²) >= 11 is 0. The molecule has 0 aliphatic heterocycles. The molecule has 2 unspecified atom stereocenters. The maximum Gasteiger partial charge on any atom is 0.306 e. The van der Waals surface area contributed by atoms with Gasteiger partial charge in [-0.1, -0.05) is 0 Å². The molecule has 1 aromatic carbocycles. The number of carbonyl (C=O) groups is 2. The Morgan fingerprint density at radius 2 is 1.58 bits per heavy atom. The lowest BCUT2D eigenvalue weighted by atomic mass is 9.94. The van der Waals surface area contributed by atoms with Gasteiger partial charge in [-0.25, -0.2) is 13.2 Å². The number of carboxylic acid groups (broad SMARTS) is 1. The summed E-state index contributed by atoms with van der Waals surface area (Å²) in [5.74, 6) is -6.73. The van der Waals surface area contributed by atoms with E-state index in [9.17, 15) is 22.8 Å². The molecule has 0 heterocycles. The van der Waals surface area contributed by atoms with Crippen molar-refractivity contribution in [3.8, 4) is 0 Å².